The Kier molecular flexibility index (Phi) is 4.57. The standard InChI is InChI=1S/C18H17N3OS/c1-21(2)18(22)16(13-8-4-3-5-9-13)23-17-14-10-6-7-11-15(14)19-12-20-17/h3-12,16H,1-2H3/t16-/m0/s1. The van der Waals surface area contributed by atoms with E-state index in [0.29, 0.717) is 0 Å². The van der Waals surface area contributed by atoms with Crippen LogP contribution in [0.15, 0.2) is 66.0 Å². The second-order valence-electron chi connectivity index (χ2n) is 5.34. The smallest absolute Gasteiger partial charge is 0.240 e. The van der Waals surface area contributed by atoms with Crippen molar-refractivity contribution in [2.45, 2.75) is 10.3 Å². The molecule has 0 aliphatic carbocycles. The van der Waals surface area contributed by atoms with Crippen LogP contribution in [0.3, 0.4) is 0 Å². The highest BCUT2D eigenvalue weighted by Crippen LogP contribution is 2.37. The number of fused-ring (bicyclic) bond motifs is 1. The molecule has 0 saturated carbocycles. The number of aromatic nitrogens is 2. The zero-order valence-electron chi connectivity index (χ0n) is 13.0. The third-order valence-corrected chi connectivity index (χ3v) is 4.76. The molecule has 5 heteroatoms. The minimum Gasteiger partial charge on any atom is -0.348 e. The highest BCUT2D eigenvalue weighted by molar-refractivity contribution is 8.00. The lowest BCUT2D eigenvalue weighted by atomic mass is 10.1. The fourth-order valence-electron chi connectivity index (χ4n) is 2.31. The Morgan fingerprint density at radius 1 is 1.00 bits per heavy atom. The van der Waals surface area contributed by atoms with E-state index in [1.165, 1.54) is 11.8 Å². The Morgan fingerprint density at radius 2 is 1.70 bits per heavy atom. The lowest BCUT2D eigenvalue weighted by molar-refractivity contribution is -0.128. The summed E-state index contributed by atoms with van der Waals surface area (Å²) in [5, 5.41) is 1.46. The van der Waals surface area contributed by atoms with Gasteiger partial charge in [-0.25, -0.2) is 9.97 Å². The lowest BCUT2D eigenvalue weighted by Crippen LogP contribution is -2.26. The Bertz CT molecular complexity index is 815. The maximum absolute atomic E-state index is 12.6. The maximum Gasteiger partial charge on any atom is 0.240 e. The summed E-state index contributed by atoms with van der Waals surface area (Å²) in [5.74, 6) is 0.0453. The molecule has 3 rings (SSSR count). The summed E-state index contributed by atoms with van der Waals surface area (Å²) in [6, 6.07) is 17.6. The third-order valence-electron chi connectivity index (χ3n) is 3.50. The fraction of sp³-hybridized carbons (Fsp3) is 0.167. The fourth-order valence-corrected chi connectivity index (χ4v) is 3.54. The normalized spacial score (nSPS) is 12.1. The molecule has 116 valence electrons. The van der Waals surface area contributed by atoms with Crippen LogP contribution in [-0.2, 0) is 4.79 Å². The second kappa shape index (κ2) is 6.79. The molecule has 0 spiro atoms. The van der Waals surface area contributed by atoms with E-state index >= 15 is 0 Å². The van der Waals surface area contributed by atoms with Crippen LogP contribution in [0.4, 0.5) is 0 Å². The van der Waals surface area contributed by atoms with E-state index < -0.39 is 0 Å². The number of thioether (sulfide) groups is 1. The third kappa shape index (κ3) is 3.35. The van der Waals surface area contributed by atoms with Crippen LogP contribution in [0, 0.1) is 0 Å². The van der Waals surface area contributed by atoms with Crippen LogP contribution in [0.2, 0.25) is 0 Å². The summed E-state index contributed by atoms with van der Waals surface area (Å²) in [6.07, 6.45) is 1.55. The summed E-state index contributed by atoms with van der Waals surface area (Å²) in [6.45, 7) is 0. The molecule has 0 N–H and O–H groups in total. The van der Waals surface area contributed by atoms with Crippen molar-refractivity contribution in [1.82, 2.24) is 14.9 Å². The quantitative estimate of drug-likeness (QED) is 0.544. The monoisotopic (exact) mass is 323 g/mol. The van der Waals surface area contributed by atoms with Gasteiger partial charge < -0.3 is 4.90 Å². The van der Waals surface area contributed by atoms with Crippen molar-refractivity contribution in [3.8, 4) is 0 Å². The molecule has 0 unspecified atom stereocenters. The van der Waals surface area contributed by atoms with E-state index in [-0.39, 0.29) is 11.2 Å². The molecule has 0 aliphatic rings. The zero-order chi connectivity index (χ0) is 16.2. The summed E-state index contributed by atoms with van der Waals surface area (Å²) < 4.78 is 0. The van der Waals surface area contributed by atoms with Gasteiger partial charge in [-0.2, -0.15) is 0 Å². The summed E-state index contributed by atoms with van der Waals surface area (Å²) >= 11 is 1.47. The van der Waals surface area contributed by atoms with Crippen molar-refractivity contribution in [2.24, 2.45) is 0 Å². The first-order chi connectivity index (χ1) is 11.2. The number of carbonyl (C=O) groups is 1. The topological polar surface area (TPSA) is 46.1 Å². The van der Waals surface area contributed by atoms with Crippen molar-refractivity contribution in [1.29, 1.82) is 0 Å². The van der Waals surface area contributed by atoms with Crippen LogP contribution < -0.4 is 0 Å². The Balaban J connectivity index is 2.02. The number of para-hydroxylation sites is 1. The SMILES string of the molecule is CN(C)C(=O)[C@@H](Sc1ncnc2ccccc12)c1ccccc1. The lowest BCUT2D eigenvalue weighted by Gasteiger charge is -2.20. The Hall–Kier alpha value is -2.40. The number of amides is 1. The van der Waals surface area contributed by atoms with Crippen LogP contribution in [0.5, 0.6) is 0 Å². The van der Waals surface area contributed by atoms with Gasteiger partial charge in [-0.1, -0.05) is 60.3 Å². The molecule has 2 aromatic carbocycles. The minimum atomic E-state index is -0.329. The molecule has 0 aliphatic heterocycles. The van der Waals surface area contributed by atoms with Crippen molar-refractivity contribution < 1.29 is 4.79 Å². The largest absolute Gasteiger partial charge is 0.348 e. The summed E-state index contributed by atoms with van der Waals surface area (Å²) in [5.41, 5.74) is 1.85. The number of benzene rings is 2. The zero-order valence-corrected chi connectivity index (χ0v) is 13.8. The van der Waals surface area contributed by atoms with Gasteiger partial charge in [-0.3, -0.25) is 4.79 Å². The minimum absolute atomic E-state index is 0.0453. The number of carbonyl (C=O) groups excluding carboxylic acids is 1. The molecule has 1 heterocycles. The second-order valence-corrected chi connectivity index (χ2v) is 6.43. The molecule has 0 bridgehead atoms. The Morgan fingerprint density at radius 3 is 2.43 bits per heavy atom. The van der Waals surface area contributed by atoms with Crippen LogP contribution in [0.25, 0.3) is 10.9 Å². The first kappa shape index (κ1) is 15.5. The van der Waals surface area contributed by atoms with E-state index in [9.17, 15) is 4.79 Å². The molecule has 4 nitrogen and oxygen atoms in total. The van der Waals surface area contributed by atoms with Crippen molar-refractivity contribution in [3.63, 3.8) is 0 Å². The van der Waals surface area contributed by atoms with Gasteiger partial charge in [0.15, 0.2) is 0 Å². The highest BCUT2D eigenvalue weighted by Gasteiger charge is 2.24. The van der Waals surface area contributed by atoms with Gasteiger partial charge in [0.2, 0.25) is 5.91 Å². The van der Waals surface area contributed by atoms with Crippen LogP contribution in [0.1, 0.15) is 10.8 Å². The van der Waals surface area contributed by atoms with Gasteiger partial charge in [-0.15, -0.1) is 0 Å². The molecule has 23 heavy (non-hydrogen) atoms. The summed E-state index contributed by atoms with van der Waals surface area (Å²) in [7, 11) is 3.55. The molecule has 0 radical (unpaired) electrons. The van der Waals surface area contributed by atoms with E-state index in [0.717, 1.165) is 21.5 Å². The van der Waals surface area contributed by atoms with Gasteiger partial charge in [0.1, 0.15) is 16.6 Å². The first-order valence-electron chi connectivity index (χ1n) is 7.29. The number of nitrogens with zero attached hydrogens (tertiary/aromatic N) is 3. The molecule has 1 amide bonds. The molecular formula is C18H17N3OS. The van der Waals surface area contributed by atoms with E-state index in [4.69, 9.17) is 0 Å². The maximum atomic E-state index is 12.6. The molecule has 3 aromatic rings. The predicted octanol–water partition coefficient (Wildman–Crippen LogP) is 3.55. The van der Waals surface area contributed by atoms with Gasteiger partial charge in [-0.05, 0) is 11.6 Å². The molecular weight excluding hydrogens is 306 g/mol. The van der Waals surface area contributed by atoms with Crippen LogP contribution >= 0.6 is 11.8 Å². The molecule has 1 aromatic heterocycles. The average molecular weight is 323 g/mol. The summed E-state index contributed by atoms with van der Waals surface area (Å²) in [4.78, 5) is 22.9. The number of hydrogen-bond donors (Lipinski definition) is 0. The van der Waals surface area contributed by atoms with Gasteiger partial charge in [0.25, 0.3) is 0 Å². The number of hydrogen-bond acceptors (Lipinski definition) is 4. The molecule has 0 fully saturated rings. The van der Waals surface area contributed by atoms with Crippen LogP contribution in [-0.4, -0.2) is 34.9 Å². The van der Waals surface area contributed by atoms with Gasteiger partial charge >= 0.3 is 0 Å². The highest BCUT2D eigenvalue weighted by atomic mass is 32.2. The predicted molar refractivity (Wildman–Crippen MR) is 93.3 cm³/mol. The van der Waals surface area contributed by atoms with E-state index in [2.05, 4.69) is 9.97 Å². The first-order valence-corrected chi connectivity index (χ1v) is 8.17. The van der Waals surface area contributed by atoms with E-state index in [1.807, 2.05) is 54.6 Å². The van der Waals surface area contributed by atoms with Crippen molar-refractivity contribution >= 4 is 28.6 Å². The number of likely N-dealkylation sites (N-methyl/N-ethyl adjacent to an activating group) is 1. The number of rotatable bonds is 4. The Labute approximate surface area is 139 Å². The molecule has 0 saturated heterocycles. The average Bonchev–Trinajstić information content (AvgIpc) is 2.60. The van der Waals surface area contributed by atoms with E-state index in [1.54, 1.807) is 25.3 Å². The van der Waals surface area contributed by atoms with Gasteiger partial charge in [0.05, 0.1) is 5.52 Å². The molecule has 1 atom stereocenters. The van der Waals surface area contributed by atoms with Crippen molar-refractivity contribution in [3.05, 3.63) is 66.5 Å². The van der Waals surface area contributed by atoms with Gasteiger partial charge in [0, 0.05) is 19.5 Å². The van der Waals surface area contributed by atoms with Crippen molar-refractivity contribution in [2.75, 3.05) is 14.1 Å².